The Hall–Kier alpha value is -2.78. The summed E-state index contributed by atoms with van der Waals surface area (Å²) in [4.78, 5) is 42.3. The van der Waals surface area contributed by atoms with Crippen molar-refractivity contribution in [1.82, 2.24) is 20.4 Å². The first-order valence-electron chi connectivity index (χ1n) is 11.8. The fourth-order valence-corrected chi connectivity index (χ4v) is 8.08. The normalized spacial score (nSPS) is 19.3. The number of nitrogens with zero attached hydrogens (tertiary/aromatic N) is 3. The van der Waals surface area contributed by atoms with Crippen LogP contribution in [0.15, 0.2) is 75.1 Å². The van der Waals surface area contributed by atoms with E-state index in [0.717, 1.165) is 16.0 Å². The third kappa shape index (κ3) is 6.35. The molecule has 0 bridgehead atoms. The molecule has 0 aliphatic carbocycles. The minimum Gasteiger partial charge on any atom is -0.456 e. The SMILES string of the molecule is COCSC(C(=O)N[C@H]1C(=O)N2C(C(=O)OCc3ccccc3)=C(CSc3nnco3)CSC12)c1cccs1. The van der Waals surface area contributed by atoms with Crippen LogP contribution in [0.4, 0.5) is 0 Å². The van der Waals surface area contributed by atoms with Crippen LogP contribution in [0.3, 0.4) is 0 Å². The number of esters is 1. The molecular weight excluding hydrogens is 581 g/mol. The van der Waals surface area contributed by atoms with Gasteiger partial charge >= 0.3 is 5.97 Å². The number of amides is 2. The zero-order valence-electron chi connectivity index (χ0n) is 20.7. The molecule has 3 atom stereocenters. The Morgan fingerprint density at radius 1 is 1.26 bits per heavy atom. The van der Waals surface area contributed by atoms with Crippen LogP contribution < -0.4 is 5.32 Å². The summed E-state index contributed by atoms with van der Waals surface area (Å²) in [6, 6.07) is 12.3. The number of thiophene rings is 1. The van der Waals surface area contributed by atoms with Crippen molar-refractivity contribution in [2.75, 3.05) is 24.6 Å². The highest BCUT2D eigenvalue weighted by molar-refractivity contribution is 8.01. The number of aromatic nitrogens is 2. The van der Waals surface area contributed by atoms with Crippen molar-refractivity contribution in [2.45, 2.75) is 28.5 Å². The van der Waals surface area contributed by atoms with E-state index in [0.29, 0.717) is 22.7 Å². The van der Waals surface area contributed by atoms with Crippen LogP contribution >= 0.6 is 46.6 Å². The Morgan fingerprint density at radius 2 is 2.10 bits per heavy atom. The van der Waals surface area contributed by atoms with Gasteiger partial charge in [0, 0.05) is 23.5 Å². The Balaban J connectivity index is 1.32. The van der Waals surface area contributed by atoms with Crippen molar-refractivity contribution in [1.29, 1.82) is 0 Å². The summed E-state index contributed by atoms with van der Waals surface area (Å²) in [5.41, 5.74) is 1.77. The van der Waals surface area contributed by atoms with E-state index in [1.807, 2.05) is 47.8 Å². The second-order valence-corrected chi connectivity index (χ2v) is 12.4. The van der Waals surface area contributed by atoms with Crippen LogP contribution in [0.2, 0.25) is 0 Å². The summed E-state index contributed by atoms with van der Waals surface area (Å²) in [5.74, 6) is -0.0326. The van der Waals surface area contributed by atoms with Gasteiger partial charge in [-0.15, -0.1) is 45.1 Å². The molecule has 5 rings (SSSR count). The van der Waals surface area contributed by atoms with Crippen LogP contribution in [0.25, 0.3) is 0 Å². The standard InChI is InChI=1S/C25H24N4O6S4/c1-33-14-39-20(17-8-5-9-36-17)21(30)27-18-22(31)29-19(24(32)34-10-15-6-3-2-4-7-15)16(11-37-23(18)29)12-38-25-28-26-13-35-25/h2-9,13,18,20,23H,10-12,14H2,1H3,(H,27,30)/t18-,20?,23?/m0/s1. The van der Waals surface area contributed by atoms with Gasteiger partial charge in [-0.3, -0.25) is 14.5 Å². The number of rotatable bonds is 12. The van der Waals surface area contributed by atoms with Gasteiger partial charge in [-0.1, -0.05) is 48.2 Å². The Labute approximate surface area is 241 Å². The molecule has 2 unspecified atom stereocenters. The minimum absolute atomic E-state index is 0.0759. The number of carbonyl (C=O) groups excluding carboxylic acids is 3. The van der Waals surface area contributed by atoms with Crippen molar-refractivity contribution >= 4 is 64.4 Å². The Morgan fingerprint density at radius 3 is 2.82 bits per heavy atom. The molecule has 14 heteroatoms. The van der Waals surface area contributed by atoms with E-state index in [1.165, 1.54) is 57.9 Å². The molecule has 10 nitrogen and oxygen atoms in total. The molecule has 0 saturated carbocycles. The maximum absolute atomic E-state index is 13.4. The number of fused-ring (bicyclic) bond motifs is 1. The Kier molecular flexibility index (Phi) is 9.29. The lowest BCUT2D eigenvalue weighted by atomic mass is 10.0. The second kappa shape index (κ2) is 13.0. The molecule has 3 aromatic rings. The van der Waals surface area contributed by atoms with Crippen molar-refractivity contribution < 1.29 is 28.3 Å². The fraction of sp³-hybridized carbons (Fsp3) is 0.320. The van der Waals surface area contributed by atoms with Gasteiger partial charge in [0.1, 0.15) is 29.0 Å². The monoisotopic (exact) mass is 604 g/mol. The molecule has 0 spiro atoms. The molecule has 2 aliphatic rings. The molecule has 2 aliphatic heterocycles. The van der Waals surface area contributed by atoms with Gasteiger partial charge in [0.25, 0.3) is 11.1 Å². The van der Waals surface area contributed by atoms with Gasteiger partial charge in [0.2, 0.25) is 12.3 Å². The number of nitrogens with one attached hydrogen (secondary N) is 1. The number of thioether (sulfide) groups is 3. The molecule has 0 radical (unpaired) electrons. The highest BCUT2D eigenvalue weighted by Crippen LogP contribution is 2.42. The van der Waals surface area contributed by atoms with Gasteiger partial charge in [-0.2, -0.15) is 0 Å². The lowest BCUT2D eigenvalue weighted by Gasteiger charge is -2.50. The molecule has 39 heavy (non-hydrogen) atoms. The van der Waals surface area contributed by atoms with E-state index in [1.54, 1.807) is 7.11 Å². The Bertz CT molecular complexity index is 1320. The summed E-state index contributed by atoms with van der Waals surface area (Å²) in [7, 11) is 1.57. The number of β-lactam (4-membered cyclic amide) rings is 1. The van der Waals surface area contributed by atoms with Crippen molar-refractivity contribution in [3.05, 3.63) is 75.9 Å². The van der Waals surface area contributed by atoms with Crippen molar-refractivity contribution in [3.8, 4) is 0 Å². The third-order valence-electron chi connectivity index (χ3n) is 5.85. The number of hydrogen-bond acceptors (Lipinski definition) is 12. The predicted octanol–water partition coefficient (Wildman–Crippen LogP) is 3.70. The average Bonchev–Trinajstić information content (AvgIpc) is 3.69. The molecular formula is C25H24N4O6S4. The third-order valence-corrected chi connectivity index (χ3v) is 10.4. The first-order chi connectivity index (χ1) is 19.1. The average molecular weight is 605 g/mol. The number of carbonyl (C=O) groups is 3. The minimum atomic E-state index is -0.754. The summed E-state index contributed by atoms with van der Waals surface area (Å²) < 4.78 is 16.0. The summed E-state index contributed by atoms with van der Waals surface area (Å²) in [6.45, 7) is 0.0759. The smallest absolute Gasteiger partial charge is 0.355 e. The van der Waals surface area contributed by atoms with E-state index in [-0.39, 0.29) is 24.1 Å². The van der Waals surface area contributed by atoms with E-state index in [9.17, 15) is 14.4 Å². The van der Waals surface area contributed by atoms with E-state index in [4.69, 9.17) is 13.9 Å². The van der Waals surface area contributed by atoms with Crippen LogP contribution in [0.5, 0.6) is 0 Å². The molecule has 1 aromatic carbocycles. The van der Waals surface area contributed by atoms with Crippen LogP contribution in [-0.4, -0.2) is 68.9 Å². The van der Waals surface area contributed by atoms with Crippen LogP contribution in [0, 0.1) is 0 Å². The zero-order valence-corrected chi connectivity index (χ0v) is 23.9. The van der Waals surface area contributed by atoms with Crippen LogP contribution in [-0.2, 0) is 30.5 Å². The number of hydrogen-bond donors (Lipinski definition) is 1. The fourth-order valence-electron chi connectivity index (χ4n) is 4.04. The number of ether oxygens (including phenoxy) is 2. The predicted molar refractivity (Wildman–Crippen MR) is 150 cm³/mol. The van der Waals surface area contributed by atoms with Crippen LogP contribution in [0.1, 0.15) is 15.7 Å². The van der Waals surface area contributed by atoms with Gasteiger partial charge < -0.3 is 19.2 Å². The first-order valence-corrected chi connectivity index (χ1v) is 15.7. The summed E-state index contributed by atoms with van der Waals surface area (Å²) in [5, 5.41) is 11.8. The van der Waals surface area contributed by atoms with E-state index < -0.39 is 22.6 Å². The number of benzene rings is 1. The molecule has 2 aromatic heterocycles. The highest BCUT2D eigenvalue weighted by Gasteiger charge is 2.54. The topological polar surface area (TPSA) is 124 Å². The molecule has 2 amide bonds. The molecule has 1 fully saturated rings. The summed E-state index contributed by atoms with van der Waals surface area (Å²) >= 11 is 5.59. The summed E-state index contributed by atoms with van der Waals surface area (Å²) in [6.07, 6.45) is 1.23. The highest BCUT2D eigenvalue weighted by atomic mass is 32.2. The second-order valence-electron chi connectivity index (χ2n) is 8.37. The maximum Gasteiger partial charge on any atom is 0.355 e. The van der Waals surface area contributed by atoms with E-state index in [2.05, 4.69) is 15.5 Å². The van der Waals surface area contributed by atoms with Gasteiger partial charge in [-0.25, -0.2) is 4.79 Å². The van der Waals surface area contributed by atoms with Gasteiger partial charge in [0.05, 0.1) is 5.94 Å². The van der Waals surface area contributed by atoms with Gasteiger partial charge in [-0.05, 0) is 22.6 Å². The molecule has 1 saturated heterocycles. The lowest BCUT2D eigenvalue weighted by molar-refractivity contribution is -0.153. The van der Waals surface area contributed by atoms with Crippen molar-refractivity contribution in [3.63, 3.8) is 0 Å². The van der Waals surface area contributed by atoms with E-state index >= 15 is 0 Å². The quantitative estimate of drug-likeness (QED) is 0.141. The lowest BCUT2D eigenvalue weighted by Crippen LogP contribution is -2.70. The molecule has 204 valence electrons. The molecule has 1 N–H and O–H groups in total. The number of methoxy groups -OCH3 is 1. The van der Waals surface area contributed by atoms with Crippen molar-refractivity contribution in [2.24, 2.45) is 0 Å². The first kappa shape index (κ1) is 27.8. The van der Waals surface area contributed by atoms with Gasteiger partial charge in [0.15, 0.2) is 0 Å². The molecule has 4 heterocycles. The largest absolute Gasteiger partial charge is 0.456 e. The maximum atomic E-state index is 13.4. The zero-order chi connectivity index (χ0) is 27.2.